The summed E-state index contributed by atoms with van der Waals surface area (Å²) in [7, 11) is 2.06. The lowest BCUT2D eigenvalue weighted by molar-refractivity contribution is -0.617. The highest BCUT2D eigenvalue weighted by Crippen LogP contribution is 2.50. The largest absolute Gasteiger partial charge is 0.453 e. The number of rotatable bonds is 7. The molecule has 0 saturated heterocycles. The summed E-state index contributed by atoms with van der Waals surface area (Å²) in [5.41, 5.74) is 6.35. The summed E-state index contributed by atoms with van der Waals surface area (Å²) in [5.74, 6) is 1.29. The van der Waals surface area contributed by atoms with Crippen LogP contribution in [0.5, 0.6) is 11.5 Å². The van der Waals surface area contributed by atoms with Gasteiger partial charge < -0.3 is 14.5 Å². The van der Waals surface area contributed by atoms with Crippen molar-refractivity contribution in [1.82, 2.24) is 0 Å². The molecule has 41 heavy (non-hydrogen) atoms. The fraction of sp³-hybridized carbons (Fsp3) is 0.257. The maximum Gasteiger partial charge on any atom is 0.264 e. The first-order valence-electron chi connectivity index (χ1n) is 14.6. The molecule has 6 nitrogen and oxygen atoms in total. The normalized spacial score (nSPS) is 12.2. The number of aromatic nitrogens is 1. The van der Waals surface area contributed by atoms with Gasteiger partial charge in [-0.3, -0.25) is 9.69 Å². The third-order valence-electron chi connectivity index (χ3n) is 8.33. The van der Waals surface area contributed by atoms with Crippen molar-refractivity contribution in [2.75, 3.05) is 40.9 Å². The van der Waals surface area contributed by atoms with Crippen LogP contribution < -0.4 is 24.0 Å². The Labute approximate surface area is 242 Å². The minimum Gasteiger partial charge on any atom is -0.453 e. The SMILES string of the molecule is CCN(CC)c1ccc2c(c1)Oc1cc(N(CC)CC)ccc1N2C(=O)c1c2ccccc2[n+](C)c2ccccc12. The van der Waals surface area contributed by atoms with E-state index >= 15 is 0 Å². The number of fused-ring (bicyclic) bond motifs is 4. The van der Waals surface area contributed by atoms with Crippen molar-refractivity contribution in [1.29, 1.82) is 0 Å². The zero-order valence-corrected chi connectivity index (χ0v) is 24.5. The van der Waals surface area contributed by atoms with E-state index in [9.17, 15) is 4.79 Å². The number of nitrogens with zero attached hydrogens (tertiary/aromatic N) is 4. The van der Waals surface area contributed by atoms with Crippen LogP contribution in [-0.2, 0) is 7.05 Å². The Morgan fingerprint density at radius 2 is 1.12 bits per heavy atom. The Morgan fingerprint density at radius 1 is 0.683 bits per heavy atom. The molecule has 0 spiro atoms. The Morgan fingerprint density at radius 3 is 1.56 bits per heavy atom. The van der Waals surface area contributed by atoms with Gasteiger partial charge in [-0.25, -0.2) is 0 Å². The van der Waals surface area contributed by atoms with Crippen molar-refractivity contribution < 1.29 is 14.1 Å². The predicted molar refractivity (Wildman–Crippen MR) is 169 cm³/mol. The maximum absolute atomic E-state index is 15.0. The minimum atomic E-state index is -0.0741. The molecule has 5 aromatic rings. The summed E-state index contributed by atoms with van der Waals surface area (Å²) < 4.78 is 8.76. The average molecular weight is 546 g/mol. The van der Waals surface area contributed by atoms with Crippen molar-refractivity contribution in [3.8, 4) is 11.5 Å². The number of pyridine rings is 1. The van der Waals surface area contributed by atoms with Gasteiger partial charge in [0.2, 0.25) is 11.0 Å². The third-order valence-corrected chi connectivity index (χ3v) is 8.33. The molecule has 208 valence electrons. The molecule has 6 rings (SSSR count). The first-order chi connectivity index (χ1) is 20.0. The Bertz CT molecular complexity index is 1650. The Hall–Kier alpha value is -4.58. The van der Waals surface area contributed by atoms with E-state index in [4.69, 9.17) is 4.74 Å². The second kappa shape index (κ2) is 10.8. The van der Waals surface area contributed by atoms with E-state index in [1.54, 1.807) is 0 Å². The van der Waals surface area contributed by atoms with Gasteiger partial charge in [0.1, 0.15) is 7.05 Å². The molecule has 1 aliphatic rings. The number of carbonyl (C=O) groups excluding carboxylic acids is 1. The molecule has 0 radical (unpaired) electrons. The van der Waals surface area contributed by atoms with Crippen molar-refractivity contribution in [2.45, 2.75) is 27.7 Å². The highest BCUT2D eigenvalue weighted by atomic mass is 16.5. The van der Waals surface area contributed by atoms with Gasteiger partial charge in [-0.15, -0.1) is 0 Å². The molecule has 0 fully saturated rings. The van der Waals surface area contributed by atoms with Crippen molar-refractivity contribution in [3.63, 3.8) is 0 Å². The van der Waals surface area contributed by atoms with E-state index in [0.717, 1.165) is 70.7 Å². The van der Waals surface area contributed by atoms with Gasteiger partial charge in [0, 0.05) is 61.8 Å². The van der Waals surface area contributed by atoms with Crippen LogP contribution in [0.15, 0.2) is 84.9 Å². The molecular weight excluding hydrogens is 508 g/mol. The lowest BCUT2D eigenvalue weighted by Gasteiger charge is -2.34. The molecule has 6 heteroatoms. The van der Waals surface area contributed by atoms with Gasteiger partial charge in [-0.2, -0.15) is 4.57 Å². The van der Waals surface area contributed by atoms with Gasteiger partial charge in [-0.1, -0.05) is 24.3 Å². The molecule has 0 aliphatic carbocycles. The highest BCUT2D eigenvalue weighted by molar-refractivity contribution is 6.23. The summed E-state index contributed by atoms with van der Waals surface area (Å²) in [5, 5.41) is 1.85. The summed E-state index contributed by atoms with van der Waals surface area (Å²) in [6, 6.07) is 28.6. The first kappa shape index (κ1) is 26.6. The summed E-state index contributed by atoms with van der Waals surface area (Å²) >= 11 is 0. The number of hydrogen-bond donors (Lipinski definition) is 0. The fourth-order valence-corrected chi connectivity index (χ4v) is 6.15. The Balaban J connectivity index is 1.60. The number of anilines is 4. The molecule has 0 saturated carbocycles. The zero-order chi connectivity index (χ0) is 28.7. The molecule has 0 N–H and O–H groups in total. The molecule has 1 aliphatic heterocycles. The van der Waals surface area contributed by atoms with Gasteiger partial charge in [0.05, 0.1) is 27.7 Å². The number of carbonyl (C=O) groups is 1. The average Bonchev–Trinajstić information content (AvgIpc) is 3.01. The van der Waals surface area contributed by atoms with Crippen LogP contribution >= 0.6 is 0 Å². The topological polar surface area (TPSA) is 39.9 Å². The minimum absolute atomic E-state index is 0.0741. The van der Waals surface area contributed by atoms with Crippen LogP contribution in [0, 0.1) is 0 Å². The fourth-order valence-electron chi connectivity index (χ4n) is 6.15. The maximum atomic E-state index is 15.0. The Kier molecular flexibility index (Phi) is 7.00. The van der Waals surface area contributed by atoms with Crippen LogP contribution in [0.2, 0.25) is 0 Å². The van der Waals surface area contributed by atoms with Crippen LogP contribution in [0.3, 0.4) is 0 Å². The molecular formula is C35H37N4O2+. The molecule has 2 heterocycles. The van der Waals surface area contributed by atoms with Crippen molar-refractivity contribution in [2.24, 2.45) is 7.05 Å². The van der Waals surface area contributed by atoms with Crippen molar-refractivity contribution >= 4 is 50.5 Å². The quantitative estimate of drug-likeness (QED) is 0.156. The number of hydrogen-bond acceptors (Lipinski definition) is 4. The highest BCUT2D eigenvalue weighted by Gasteiger charge is 2.34. The predicted octanol–water partition coefficient (Wildman–Crippen LogP) is 7.59. The summed E-state index contributed by atoms with van der Waals surface area (Å²) in [6.45, 7) is 12.2. The molecule has 1 amide bonds. The number of ether oxygens (including phenoxy) is 1. The third kappa shape index (κ3) is 4.34. The molecule has 0 unspecified atom stereocenters. The van der Waals surface area contributed by atoms with E-state index in [-0.39, 0.29) is 5.91 Å². The van der Waals surface area contributed by atoms with Crippen molar-refractivity contribution in [3.05, 3.63) is 90.5 Å². The van der Waals surface area contributed by atoms with Crippen LogP contribution in [0.4, 0.5) is 22.7 Å². The second-order valence-electron chi connectivity index (χ2n) is 10.4. The van der Waals surface area contributed by atoms with Crippen LogP contribution in [0.25, 0.3) is 21.8 Å². The van der Waals surface area contributed by atoms with E-state index in [1.807, 2.05) is 53.4 Å². The van der Waals surface area contributed by atoms with Gasteiger partial charge in [0.15, 0.2) is 11.5 Å². The summed E-state index contributed by atoms with van der Waals surface area (Å²) in [4.78, 5) is 21.4. The molecule has 1 aromatic heterocycles. The van der Waals surface area contributed by atoms with Gasteiger partial charge in [0.25, 0.3) is 5.91 Å². The number of para-hydroxylation sites is 2. The van der Waals surface area contributed by atoms with Gasteiger partial charge in [-0.05, 0) is 64.1 Å². The van der Waals surface area contributed by atoms with E-state index < -0.39 is 0 Å². The van der Waals surface area contributed by atoms with Crippen LogP contribution in [-0.4, -0.2) is 32.1 Å². The zero-order valence-electron chi connectivity index (χ0n) is 24.5. The molecule has 4 aromatic carbocycles. The second-order valence-corrected chi connectivity index (χ2v) is 10.4. The number of aryl methyl sites for hydroxylation is 1. The smallest absolute Gasteiger partial charge is 0.264 e. The standard InChI is InChI=1S/C35H37N4O2/c1-6-37(7-2)24-18-20-30-32(22-24)41-33-23-25(38(8-3)9-4)19-21-31(33)39(30)35(40)34-26-14-10-12-16-28(26)36(5)29-17-13-11-15-27(29)34/h10-23H,6-9H2,1-5H3/q+1. The first-order valence-corrected chi connectivity index (χ1v) is 14.6. The lowest BCUT2D eigenvalue weighted by Crippen LogP contribution is -2.34. The lowest BCUT2D eigenvalue weighted by atomic mass is 9.99. The monoisotopic (exact) mass is 545 g/mol. The van der Waals surface area contributed by atoms with E-state index in [2.05, 4.69) is 85.5 Å². The van der Waals surface area contributed by atoms with Crippen LogP contribution in [0.1, 0.15) is 38.1 Å². The number of amides is 1. The summed E-state index contributed by atoms with van der Waals surface area (Å²) in [6.07, 6.45) is 0. The van der Waals surface area contributed by atoms with Gasteiger partial charge >= 0.3 is 0 Å². The van der Waals surface area contributed by atoms with E-state index in [1.165, 1.54) is 0 Å². The number of benzene rings is 4. The molecule has 0 atom stereocenters. The molecule has 0 bridgehead atoms. The van der Waals surface area contributed by atoms with E-state index in [0.29, 0.717) is 17.1 Å².